The third kappa shape index (κ3) is 3.54. The average molecular weight is 260 g/mol. The molecule has 0 unspecified atom stereocenters. The van der Waals surface area contributed by atoms with Crippen LogP contribution < -0.4 is 5.32 Å². The quantitative estimate of drug-likeness (QED) is 0.492. The minimum Gasteiger partial charge on any atom is -0.385 e. The van der Waals surface area contributed by atoms with Gasteiger partial charge in [0.25, 0.3) is 5.69 Å². The van der Waals surface area contributed by atoms with Gasteiger partial charge >= 0.3 is 0 Å². The fraction of sp³-hybridized carbons (Fsp3) is 0.308. The molecule has 2 rings (SSSR count). The highest BCUT2D eigenvalue weighted by molar-refractivity contribution is 5.56. The predicted molar refractivity (Wildman–Crippen MR) is 73.2 cm³/mol. The molecule has 100 valence electrons. The van der Waals surface area contributed by atoms with E-state index in [1.54, 1.807) is 24.7 Å². The zero-order valence-corrected chi connectivity index (χ0v) is 10.7. The Labute approximate surface area is 111 Å². The topological polar surface area (TPSA) is 73.0 Å². The molecule has 0 spiro atoms. The molecule has 6 nitrogen and oxygen atoms in total. The molecule has 1 N–H and O–H groups in total. The van der Waals surface area contributed by atoms with Crippen LogP contribution in [0.15, 0.2) is 36.9 Å². The van der Waals surface area contributed by atoms with E-state index >= 15 is 0 Å². The number of hydrogen-bond acceptors (Lipinski definition) is 4. The van der Waals surface area contributed by atoms with E-state index in [2.05, 4.69) is 10.3 Å². The molecule has 1 heterocycles. The molecule has 0 aliphatic rings. The second kappa shape index (κ2) is 5.99. The van der Waals surface area contributed by atoms with E-state index in [9.17, 15) is 10.1 Å². The molecule has 2 aromatic rings. The summed E-state index contributed by atoms with van der Waals surface area (Å²) in [4.78, 5) is 14.3. The van der Waals surface area contributed by atoms with E-state index in [4.69, 9.17) is 0 Å². The molecule has 0 amide bonds. The molecule has 0 saturated heterocycles. The van der Waals surface area contributed by atoms with Gasteiger partial charge in [0.2, 0.25) is 0 Å². The Morgan fingerprint density at radius 3 is 3.00 bits per heavy atom. The molecule has 0 fully saturated rings. The third-order valence-corrected chi connectivity index (χ3v) is 2.90. The lowest BCUT2D eigenvalue weighted by Gasteiger charge is -2.09. The van der Waals surface area contributed by atoms with Crippen LogP contribution >= 0.6 is 0 Å². The molecular weight excluding hydrogens is 244 g/mol. The molecule has 0 saturated carbocycles. The van der Waals surface area contributed by atoms with Crippen LogP contribution in [0.3, 0.4) is 0 Å². The SMILES string of the molecule is Cc1ccc([N+](=O)[O-])cc1NCCCn1ccnc1. The molecule has 1 aromatic carbocycles. The van der Waals surface area contributed by atoms with Gasteiger partial charge in [0.1, 0.15) is 0 Å². The molecule has 0 aliphatic heterocycles. The molecule has 0 aliphatic carbocycles. The van der Waals surface area contributed by atoms with Crippen LogP contribution in [0.5, 0.6) is 0 Å². The Balaban J connectivity index is 1.88. The summed E-state index contributed by atoms with van der Waals surface area (Å²) in [6.45, 7) is 3.57. The number of imidazole rings is 1. The minimum atomic E-state index is -0.379. The first kappa shape index (κ1) is 13.1. The van der Waals surface area contributed by atoms with Gasteiger partial charge in [0, 0.05) is 43.3 Å². The summed E-state index contributed by atoms with van der Waals surface area (Å²) in [5.41, 5.74) is 1.94. The van der Waals surface area contributed by atoms with Gasteiger partial charge < -0.3 is 9.88 Å². The lowest BCUT2D eigenvalue weighted by molar-refractivity contribution is -0.384. The van der Waals surface area contributed by atoms with E-state index < -0.39 is 0 Å². The summed E-state index contributed by atoms with van der Waals surface area (Å²) in [6, 6.07) is 4.86. The number of non-ortho nitro benzene ring substituents is 1. The maximum absolute atomic E-state index is 10.7. The normalized spacial score (nSPS) is 10.4. The van der Waals surface area contributed by atoms with E-state index in [0.29, 0.717) is 0 Å². The van der Waals surface area contributed by atoms with Crippen molar-refractivity contribution >= 4 is 11.4 Å². The standard InChI is InChI=1S/C13H16N4O2/c1-11-3-4-12(17(18)19)9-13(11)15-5-2-7-16-8-6-14-10-16/h3-4,6,8-10,15H,2,5,7H2,1H3. The highest BCUT2D eigenvalue weighted by Crippen LogP contribution is 2.21. The zero-order chi connectivity index (χ0) is 13.7. The summed E-state index contributed by atoms with van der Waals surface area (Å²) >= 11 is 0. The van der Waals surface area contributed by atoms with Crippen molar-refractivity contribution in [2.24, 2.45) is 0 Å². The monoisotopic (exact) mass is 260 g/mol. The lowest BCUT2D eigenvalue weighted by atomic mass is 10.2. The second-order valence-corrected chi connectivity index (χ2v) is 4.34. The van der Waals surface area contributed by atoms with Crippen LogP contribution in [0.25, 0.3) is 0 Å². The number of nitro groups is 1. The number of benzene rings is 1. The third-order valence-electron chi connectivity index (χ3n) is 2.90. The van der Waals surface area contributed by atoms with E-state index in [1.165, 1.54) is 6.07 Å². The molecule has 0 bridgehead atoms. The highest BCUT2D eigenvalue weighted by Gasteiger charge is 2.07. The number of nitrogens with one attached hydrogen (secondary N) is 1. The smallest absolute Gasteiger partial charge is 0.271 e. The summed E-state index contributed by atoms with van der Waals surface area (Å²) in [7, 11) is 0. The fourth-order valence-electron chi connectivity index (χ4n) is 1.82. The molecule has 0 radical (unpaired) electrons. The summed E-state index contributed by atoms with van der Waals surface area (Å²) < 4.78 is 2.00. The Morgan fingerprint density at radius 1 is 1.47 bits per heavy atom. The summed E-state index contributed by atoms with van der Waals surface area (Å²) in [5, 5.41) is 13.9. The minimum absolute atomic E-state index is 0.114. The summed E-state index contributed by atoms with van der Waals surface area (Å²) in [6.07, 6.45) is 6.37. The van der Waals surface area contributed by atoms with Crippen molar-refractivity contribution in [3.63, 3.8) is 0 Å². The molecule has 1 aromatic heterocycles. The number of anilines is 1. The number of aryl methyl sites for hydroxylation is 2. The van der Waals surface area contributed by atoms with Crippen molar-refractivity contribution in [1.29, 1.82) is 0 Å². The second-order valence-electron chi connectivity index (χ2n) is 4.34. The largest absolute Gasteiger partial charge is 0.385 e. The first-order valence-corrected chi connectivity index (χ1v) is 6.11. The van der Waals surface area contributed by atoms with E-state index in [0.717, 1.165) is 30.8 Å². The zero-order valence-electron chi connectivity index (χ0n) is 10.7. The van der Waals surface area contributed by atoms with Gasteiger partial charge in [-0.05, 0) is 18.9 Å². The maximum atomic E-state index is 10.7. The average Bonchev–Trinajstić information content (AvgIpc) is 2.89. The van der Waals surface area contributed by atoms with Crippen LogP contribution in [0.4, 0.5) is 11.4 Å². The van der Waals surface area contributed by atoms with Crippen LogP contribution in [0.2, 0.25) is 0 Å². The van der Waals surface area contributed by atoms with Gasteiger partial charge in [-0.1, -0.05) is 6.07 Å². The van der Waals surface area contributed by atoms with Crippen molar-refractivity contribution < 1.29 is 4.92 Å². The Kier molecular flexibility index (Phi) is 4.12. The Hall–Kier alpha value is -2.37. The molecule has 19 heavy (non-hydrogen) atoms. The Bertz CT molecular complexity index is 552. The number of aromatic nitrogens is 2. The molecular formula is C13H16N4O2. The maximum Gasteiger partial charge on any atom is 0.271 e. The van der Waals surface area contributed by atoms with Gasteiger partial charge in [-0.2, -0.15) is 0 Å². The number of rotatable bonds is 6. The van der Waals surface area contributed by atoms with Crippen LogP contribution in [0, 0.1) is 17.0 Å². The number of hydrogen-bond donors (Lipinski definition) is 1. The number of nitro benzene ring substituents is 1. The van der Waals surface area contributed by atoms with Gasteiger partial charge in [-0.25, -0.2) is 4.98 Å². The van der Waals surface area contributed by atoms with Crippen molar-refractivity contribution in [3.05, 3.63) is 52.6 Å². The van der Waals surface area contributed by atoms with Crippen LogP contribution in [0.1, 0.15) is 12.0 Å². The van der Waals surface area contributed by atoms with Crippen molar-refractivity contribution in [2.45, 2.75) is 19.9 Å². The first-order chi connectivity index (χ1) is 9.16. The number of nitrogens with zero attached hydrogens (tertiary/aromatic N) is 3. The van der Waals surface area contributed by atoms with Crippen LogP contribution in [-0.4, -0.2) is 21.0 Å². The first-order valence-electron chi connectivity index (χ1n) is 6.11. The predicted octanol–water partition coefficient (Wildman–Crippen LogP) is 2.60. The van der Waals surface area contributed by atoms with Crippen molar-refractivity contribution in [2.75, 3.05) is 11.9 Å². The van der Waals surface area contributed by atoms with E-state index in [1.807, 2.05) is 17.7 Å². The van der Waals surface area contributed by atoms with Crippen LogP contribution in [-0.2, 0) is 6.54 Å². The fourth-order valence-corrected chi connectivity index (χ4v) is 1.82. The highest BCUT2D eigenvalue weighted by atomic mass is 16.6. The van der Waals surface area contributed by atoms with Gasteiger partial charge in [0.05, 0.1) is 11.3 Å². The lowest BCUT2D eigenvalue weighted by Crippen LogP contribution is -2.07. The van der Waals surface area contributed by atoms with Gasteiger partial charge in [0.15, 0.2) is 0 Å². The van der Waals surface area contributed by atoms with Crippen molar-refractivity contribution in [3.8, 4) is 0 Å². The van der Waals surface area contributed by atoms with Gasteiger partial charge in [-0.15, -0.1) is 0 Å². The van der Waals surface area contributed by atoms with Crippen molar-refractivity contribution in [1.82, 2.24) is 9.55 Å². The molecule has 6 heteroatoms. The molecule has 0 atom stereocenters. The Morgan fingerprint density at radius 2 is 2.32 bits per heavy atom. The van der Waals surface area contributed by atoms with Gasteiger partial charge in [-0.3, -0.25) is 10.1 Å². The van der Waals surface area contributed by atoms with E-state index in [-0.39, 0.29) is 10.6 Å². The summed E-state index contributed by atoms with van der Waals surface area (Å²) in [5.74, 6) is 0.